The van der Waals surface area contributed by atoms with Crippen molar-refractivity contribution in [1.82, 2.24) is 9.47 Å². The molecule has 4 rings (SSSR count). The first-order valence-corrected chi connectivity index (χ1v) is 7.77. The number of methoxy groups -OCH3 is 1. The molecule has 1 aliphatic rings. The maximum atomic E-state index is 12.8. The molecule has 0 radical (unpaired) electrons. The number of carbonyl (C=O) groups excluding carboxylic acids is 1. The topological polar surface area (TPSA) is 34.5 Å². The van der Waals surface area contributed by atoms with Crippen molar-refractivity contribution in [1.29, 1.82) is 0 Å². The van der Waals surface area contributed by atoms with E-state index in [2.05, 4.69) is 28.8 Å². The van der Waals surface area contributed by atoms with Crippen LogP contribution in [0.2, 0.25) is 0 Å². The van der Waals surface area contributed by atoms with Crippen LogP contribution >= 0.6 is 0 Å². The number of nitrogens with zero attached hydrogens (tertiary/aromatic N) is 2. The zero-order chi connectivity index (χ0) is 15.8. The lowest BCUT2D eigenvalue weighted by Crippen LogP contribution is -2.38. The largest absolute Gasteiger partial charge is 0.496 e. The highest BCUT2D eigenvalue weighted by atomic mass is 16.5. The van der Waals surface area contributed by atoms with E-state index < -0.39 is 0 Å². The van der Waals surface area contributed by atoms with E-state index in [0.29, 0.717) is 24.4 Å². The van der Waals surface area contributed by atoms with Crippen LogP contribution in [0.1, 0.15) is 16.1 Å². The maximum Gasteiger partial charge on any atom is 0.258 e. The second kappa shape index (κ2) is 5.47. The van der Waals surface area contributed by atoms with Gasteiger partial charge < -0.3 is 14.2 Å². The summed E-state index contributed by atoms with van der Waals surface area (Å²) in [5.74, 6) is 0.655. The Balaban J connectivity index is 1.66. The fourth-order valence-corrected chi connectivity index (χ4v) is 3.32. The third kappa shape index (κ3) is 2.27. The van der Waals surface area contributed by atoms with Crippen LogP contribution < -0.4 is 4.74 Å². The molecule has 0 unspecified atom stereocenters. The van der Waals surface area contributed by atoms with E-state index >= 15 is 0 Å². The Kier molecular flexibility index (Phi) is 3.30. The average molecular weight is 306 g/mol. The van der Waals surface area contributed by atoms with Crippen molar-refractivity contribution in [3.8, 4) is 5.75 Å². The molecule has 0 bridgehead atoms. The van der Waals surface area contributed by atoms with E-state index in [1.54, 1.807) is 7.11 Å². The number of hydrogen-bond acceptors (Lipinski definition) is 2. The van der Waals surface area contributed by atoms with Gasteiger partial charge in [-0.1, -0.05) is 30.3 Å². The molecule has 2 aromatic carbocycles. The SMILES string of the molecule is COc1ccccc1C(=O)N1CCn2c(cc3ccccc32)C1. The summed E-state index contributed by atoms with van der Waals surface area (Å²) in [5.41, 5.74) is 3.05. The van der Waals surface area contributed by atoms with E-state index in [9.17, 15) is 4.79 Å². The molecule has 116 valence electrons. The second-order valence-electron chi connectivity index (χ2n) is 5.77. The first kappa shape index (κ1) is 13.9. The van der Waals surface area contributed by atoms with Gasteiger partial charge in [0.1, 0.15) is 5.75 Å². The first-order valence-electron chi connectivity index (χ1n) is 7.77. The summed E-state index contributed by atoms with van der Waals surface area (Å²) in [6.45, 7) is 2.16. The highest BCUT2D eigenvalue weighted by molar-refractivity contribution is 5.97. The minimum absolute atomic E-state index is 0.0268. The van der Waals surface area contributed by atoms with Gasteiger partial charge in [-0.25, -0.2) is 0 Å². The number of rotatable bonds is 2. The van der Waals surface area contributed by atoms with Crippen LogP contribution in [0.15, 0.2) is 54.6 Å². The van der Waals surface area contributed by atoms with Gasteiger partial charge in [0.05, 0.1) is 19.2 Å². The number of ether oxygens (including phenoxy) is 1. The van der Waals surface area contributed by atoms with E-state index in [-0.39, 0.29) is 5.91 Å². The zero-order valence-corrected chi connectivity index (χ0v) is 13.0. The van der Waals surface area contributed by atoms with Crippen LogP contribution in [0.5, 0.6) is 5.75 Å². The summed E-state index contributed by atoms with van der Waals surface area (Å²) in [5, 5.41) is 1.23. The molecular formula is C19H18N2O2. The molecule has 0 N–H and O–H groups in total. The highest BCUT2D eigenvalue weighted by Crippen LogP contribution is 2.26. The van der Waals surface area contributed by atoms with Gasteiger partial charge in [-0.15, -0.1) is 0 Å². The van der Waals surface area contributed by atoms with Crippen molar-refractivity contribution in [3.63, 3.8) is 0 Å². The number of para-hydroxylation sites is 2. The molecular weight excluding hydrogens is 288 g/mol. The second-order valence-corrected chi connectivity index (χ2v) is 5.77. The lowest BCUT2D eigenvalue weighted by Gasteiger charge is -2.29. The zero-order valence-electron chi connectivity index (χ0n) is 13.0. The van der Waals surface area contributed by atoms with E-state index in [1.807, 2.05) is 35.2 Å². The van der Waals surface area contributed by atoms with Crippen molar-refractivity contribution in [2.45, 2.75) is 13.1 Å². The summed E-state index contributed by atoms with van der Waals surface area (Å²) in [4.78, 5) is 14.7. The quantitative estimate of drug-likeness (QED) is 0.728. The van der Waals surface area contributed by atoms with E-state index in [0.717, 1.165) is 6.54 Å². The maximum absolute atomic E-state index is 12.8. The van der Waals surface area contributed by atoms with Crippen LogP contribution in [0.25, 0.3) is 10.9 Å². The average Bonchev–Trinajstić information content (AvgIpc) is 2.98. The van der Waals surface area contributed by atoms with Crippen LogP contribution in [0.3, 0.4) is 0 Å². The van der Waals surface area contributed by atoms with Crippen LogP contribution in [-0.4, -0.2) is 29.0 Å². The van der Waals surface area contributed by atoms with Gasteiger partial charge >= 0.3 is 0 Å². The molecule has 0 spiro atoms. The first-order chi connectivity index (χ1) is 11.3. The smallest absolute Gasteiger partial charge is 0.258 e. The summed E-state index contributed by atoms with van der Waals surface area (Å²) in [6.07, 6.45) is 0. The van der Waals surface area contributed by atoms with Gasteiger partial charge in [-0.2, -0.15) is 0 Å². The third-order valence-corrected chi connectivity index (χ3v) is 4.47. The Morgan fingerprint density at radius 2 is 1.83 bits per heavy atom. The van der Waals surface area contributed by atoms with Gasteiger partial charge in [0.2, 0.25) is 0 Å². The number of aromatic nitrogens is 1. The van der Waals surface area contributed by atoms with Crippen molar-refractivity contribution < 1.29 is 9.53 Å². The molecule has 2 heterocycles. The molecule has 1 amide bonds. The van der Waals surface area contributed by atoms with Gasteiger partial charge in [0.25, 0.3) is 5.91 Å². The molecule has 1 aromatic heterocycles. The van der Waals surface area contributed by atoms with E-state index in [1.165, 1.54) is 16.6 Å². The highest BCUT2D eigenvalue weighted by Gasteiger charge is 2.24. The number of hydrogen-bond donors (Lipinski definition) is 0. The molecule has 0 saturated heterocycles. The fraction of sp³-hybridized carbons (Fsp3) is 0.211. The Labute approximate surface area is 134 Å². The molecule has 4 heteroatoms. The lowest BCUT2D eigenvalue weighted by atomic mass is 10.1. The summed E-state index contributed by atoms with van der Waals surface area (Å²) in [6, 6.07) is 17.9. The minimum atomic E-state index is 0.0268. The summed E-state index contributed by atoms with van der Waals surface area (Å²) < 4.78 is 7.63. The molecule has 0 fully saturated rings. The Hall–Kier alpha value is -2.75. The number of benzene rings is 2. The Morgan fingerprint density at radius 1 is 1.04 bits per heavy atom. The normalized spacial score (nSPS) is 13.9. The van der Waals surface area contributed by atoms with Crippen LogP contribution in [0.4, 0.5) is 0 Å². The number of carbonyl (C=O) groups is 1. The van der Waals surface area contributed by atoms with Crippen LogP contribution in [-0.2, 0) is 13.1 Å². The van der Waals surface area contributed by atoms with Crippen molar-refractivity contribution in [3.05, 3.63) is 65.9 Å². The monoisotopic (exact) mass is 306 g/mol. The predicted octanol–water partition coefficient (Wildman–Crippen LogP) is 3.31. The lowest BCUT2D eigenvalue weighted by molar-refractivity contribution is 0.0709. The molecule has 23 heavy (non-hydrogen) atoms. The third-order valence-electron chi connectivity index (χ3n) is 4.47. The van der Waals surface area contributed by atoms with Crippen molar-refractivity contribution in [2.24, 2.45) is 0 Å². The van der Waals surface area contributed by atoms with Gasteiger partial charge in [0, 0.05) is 24.3 Å². The van der Waals surface area contributed by atoms with E-state index in [4.69, 9.17) is 4.74 Å². The Morgan fingerprint density at radius 3 is 2.70 bits per heavy atom. The number of amides is 1. The molecule has 3 aromatic rings. The van der Waals surface area contributed by atoms with Crippen LogP contribution in [0, 0.1) is 0 Å². The fourth-order valence-electron chi connectivity index (χ4n) is 3.32. The van der Waals surface area contributed by atoms with Gasteiger partial charge in [-0.3, -0.25) is 4.79 Å². The van der Waals surface area contributed by atoms with Gasteiger partial charge in [0.15, 0.2) is 0 Å². The summed E-state index contributed by atoms with van der Waals surface area (Å²) in [7, 11) is 1.60. The Bertz CT molecular complexity index is 882. The molecule has 4 nitrogen and oxygen atoms in total. The van der Waals surface area contributed by atoms with Crippen molar-refractivity contribution in [2.75, 3.05) is 13.7 Å². The molecule has 0 saturated carbocycles. The summed E-state index contributed by atoms with van der Waals surface area (Å²) >= 11 is 0. The molecule has 0 atom stereocenters. The standard InChI is InChI=1S/C19H18N2O2/c1-23-18-9-5-3-7-16(18)19(22)20-10-11-21-15(13-20)12-14-6-2-4-8-17(14)21/h2-9,12H,10-11,13H2,1H3. The minimum Gasteiger partial charge on any atom is -0.496 e. The predicted molar refractivity (Wildman–Crippen MR) is 89.7 cm³/mol. The van der Waals surface area contributed by atoms with Crippen molar-refractivity contribution >= 4 is 16.8 Å². The molecule has 1 aliphatic heterocycles. The number of fused-ring (bicyclic) bond motifs is 3. The molecule has 0 aliphatic carbocycles. The van der Waals surface area contributed by atoms with Gasteiger partial charge in [-0.05, 0) is 29.7 Å².